The number of carbonyl (C=O) groups excluding carboxylic acids is 1. The highest BCUT2D eigenvalue weighted by molar-refractivity contribution is 7.92. The Morgan fingerprint density at radius 1 is 0.857 bits per heavy atom. The van der Waals surface area contributed by atoms with Gasteiger partial charge in [0.25, 0.3) is 10.0 Å². The molecule has 8 nitrogen and oxygen atoms in total. The van der Waals surface area contributed by atoms with Gasteiger partial charge in [-0.05, 0) is 67.3 Å². The van der Waals surface area contributed by atoms with Crippen LogP contribution in [0, 0.1) is 0 Å². The number of amides is 1. The Kier molecular flexibility index (Phi) is 4.64. The van der Waals surface area contributed by atoms with Crippen LogP contribution in [0.4, 0.5) is 11.4 Å². The van der Waals surface area contributed by atoms with Crippen LogP contribution in [-0.4, -0.2) is 28.8 Å². The van der Waals surface area contributed by atoms with Crippen molar-refractivity contribution in [2.75, 3.05) is 10.0 Å². The van der Waals surface area contributed by atoms with E-state index in [-0.39, 0.29) is 27.4 Å². The number of fused-ring (bicyclic) bond motifs is 1. The van der Waals surface area contributed by atoms with E-state index in [1.54, 1.807) is 6.07 Å². The van der Waals surface area contributed by atoms with E-state index in [0.717, 1.165) is 18.4 Å². The molecule has 10 heteroatoms. The topological polar surface area (TPSA) is 121 Å². The molecule has 1 amide bonds. The number of sulfonamides is 2. The molecule has 2 aromatic carbocycles. The van der Waals surface area contributed by atoms with Gasteiger partial charge >= 0.3 is 0 Å². The molecule has 0 atom stereocenters. The smallest absolute Gasteiger partial charge is 0.261 e. The van der Waals surface area contributed by atoms with Crippen LogP contribution in [0.15, 0.2) is 52.3 Å². The predicted octanol–water partition coefficient (Wildman–Crippen LogP) is 1.81. The Hall–Kier alpha value is -2.43. The molecule has 0 spiro atoms. The van der Waals surface area contributed by atoms with Crippen LogP contribution in [0.3, 0.4) is 0 Å². The minimum absolute atomic E-state index is 0.00280. The Morgan fingerprint density at radius 2 is 1.54 bits per heavy atom. The molecular weight excluding hydrogens is 402 g/mol. The standard InChI is InChI=1S/C18H19N3O5S2/c22-18-10-1-12-11-16(8-9-17(12)19-18)28(25,26)21-14-4-6-15(7-5-14)27(23,24)20-13-2-3-13/h4-9,11,13,20-21H,1-3,10H2,(H,19,22). The number of hydrogen-bond acceptors (Lipinski definition) is 5. The first-order valence-electron chi connectivity index (χ1n) is 8.81. The maximum atomic E-state index is 12.7. The van der Waals surface area contributed by atoms with Crippen molar-refractivity contribution in [1.82, 2.24) is 4.72 Å². The second-order valence-electron chi connectivity index (χ2n) is 6.89. The first-order chi connectivity index (χ1) is 13.2. The van der Waals surface area contributed by atoms with E-state index >= 15 is 0 Å². The van der Waals surface area contributed by atoms with Gasteiger partial charge in [0.15, 0.2) is 0 Å². The van der Waals surface area contributed by atoms with Crippen molar-refractivity contribution in [3.63, 3.8) is 0 Å². The molecule has 0 unspecified atom stereocenters. The van der Waals surface area contributed by atoms with E-state index in [1.807, 2.05) is 0 Å². The van der Waals surface area contributed by atoms with Crippen LogP contribution in [0.5, 0.6) is 0 Å². The summed E-state index contributed by atoms with van der Waals surface area (Å²) in [5.41, 5.74) is 1.64. The zero-order chi connectivity index (χ0) is 19.9. The number of rotatable bonds is 6. The average molecular weight is 422 g/mol. The number of benzene rings is 2. The van der Waals surface area contributed by atoms with E-state index in [2.05, 4.69) is 14.8 Å². The number of aryl methyl sites for hydroxylation is 1. The van der Waals surface area contributed by atoms with E-state index in [0.29, 0.717) is 18.5 Å². The van der Waals surface area contributed by atoms with Crippen molar-refractivity contribution in [3.05, 3.63) is 48.0 Å². The van der Waals surface area contributed by atoms with Gasteiger partial charge in [-0.2, -0.15) is 0 Å². The van der Waals surface area contributed by atoms with Gasteiger partial charge in [0.2, 0.25) is 15.9 Å². The number of carbonyl (C=O) groups is 1. The minimum Gasteiger partial charge on any atom is -0.326 e. The fourth-order valence-corrected chi connectivity index (χ4v) is 5.35. The fourth-order valence-electron chi connectivity index (χ4n) is 2.93. The van der Waals surface area contributed by atoms with Crippen LogP contribution in [0.1, 0.15) is 24.8 Å². The Bertz CT molecular complexity index is 1140. The van der Waals surface area contributed by atoms with E-state index in [9.17, 15) is 21.6 Å². The summed E-state index contributed by atoms with van der Waals surface area (Å²) < 4.78 is 54.7. The monoisotopic (exact) mass is 421 g/mol. The fraction of sp³-hybridized carbons (Fsp3) is 0.278. The van der Waals surface area contributed by atoms with Gasteiger partial charge in [-0.25, -0.2) is 21.6 Å². The number of anilines is 2. The third kappa shape index (κ3) is 4.03. The summed E-state index contributed by atoms with van der Waals surface area (Å²) >= 11 is 0. The van der Waals surface area contributed by atoms with Gasteiger partial charge in [-0.1, -0.05) is 0 Å². The lowest BCUT2D eigenvalue weighted by molar-refractivity contribution is -0.116. The Labute approximate surface area is 163 Å². The second kappa shape index (κ2) is 6.87. The lowest BCUT2D eigenvalue weighted by Crippen LogP contribution is -2.25. The zero-order valence-electron chi connectivity index (χ0n) is 14.8. The molecule has 0 saturated heterocycles. The van der Waals surface area contributed by atoms with Crippen molar-refractivity contribution in [1.29, 1.82) is 0 Å². The second-order valence-corrected chi connectivity index (χ2v) is 10.3. The third-order valence-corrected chi connectivity index (χ3v) is 7.51. The van der Waals surface area contributed by atoms with Crippen LogP contribution in [0.25, 0.3) is 0 Å². The third-order valence-electron chi connectivity index (χ3n) is 4.60. The molecule has 4 rings (SSSR count). The van der Waals surface area contributed by atoms with Gasteiger partial charge in [-0.3, -0.25) is 9.52 Å². The first-order valence-corrected chi connectivity index (χ1v) is 11.8. The van der Waals surface area contributed by atoms with Crippen LogP contribution < -0.4 is 14.8 Å². The van der Waals surface area contributed by atoms with Crippen LogP contribution >= 0.6 is 0 Å². The lowest BCUT2D eigenvalue weighted by atomic mass is 10.0. The van der Waals surface area contributed by atoms with Crippen molar-refractivity contribution >= 4 is 37.3 Å². The quantitative estimate of drug-likeness (QED) is 0.657. The molecule has 2 aliphatic rings. The van der Waals surface area contributed by atoms with E-state index in [1.165, 1.54) is 36.4 Å². The van der Waals surface area contributed by atoms with Gasteiger partial charge in [-0.15, -0.1) is 0 Å². The molecule has 1 saturated carbocycles. The maximum Gasteiger partial charge on any atom is 0.261 e. The summed E-state index contributed by atoms with van der Waals surface area (Å²) in [6.07, 6.45) is 2.46. The van der Waals surface area contributed by atoms with Crippen molar-refractivity contribution in [3.8, 4) is 0 Å². The predicted molar refractivity (Wildman–Crippen MR) is 104 cm³/mol. The van der Waals surface area contributed by atoms with Gasteiger partial charge in [0.1, 0.15) is 0 Å². The summed E-state index contributed by atoms with van der Waals surface area (Å²) in [5.74, 6) is -0.0903. The normalized spacial score (nSPS) is 16.9. The average Bonchev–Trinajstić information content (AvgIpc) is 3.44. The molecular formula is C18H19N3O5S2. The molecule has 2 aromatic rings. The van der Waals surface area contributed by atoms with Crippen molar-refractivity contribution in [2.45, 2.75) is 41.5 Å². The summed E-state index contributed by atoms with van der Waals surface area (Å²) in [5, 5.41) is 2.71. The highest BCUT2D eigenvalue weighted by Gasteiger charge is 2.28. The van der Waals surface area contributed by atoms with Gasteiger partial charge in [0, 0.05) is 23.8 Å². The molecule has 28 heavy (non-hydrogen) atoms. The molecule has 1 aliphatic carbocycles. The Morgan fingerprint density at radius 3 is 2.21 bits per heavy atom. The van der Waals surface area contributed by atoms with Crippen molar-refractivity contribution < 1.29 is 21.6 Å². The largest absolute Gasteiger partial charge is 0.326 e. The molecule has 1 fully saturated rings. The van der Waals surface area contributed by atoms with Gasteiger partial charge < -0.3 is 5.32 Å². The van der Waals surface area contributed by atoms with E-state index < -0.39 is 20.0 Å². The van der Waals surface area contributed by atoms with Crippen LogP contribution in [0.2, 0.25) is 0 Å². The first kappa shape index (κ1) is 18.9. The molecule has 0 aromatic heterocycles. The minimum atomic E-state index is -3.85. The molecule has 148 valence electrons. The molecule has 0 radical (unpaired) electrons. The number of hydrogen-bond donors (Lipinski definition) is 3. The lowest BCUT2D eigenvalue weighted by Gasteiger charge is -2.18. The highest BCUT2D eigenvalue weighted by Crippen LogP contribution is 2.27. The van der Waals surface area contributed by atoms with Crippen LogP contribution in [-0.2, 0) is 31.3 Å². The Balaban J connectivity index is 1.52. The summed E-state index contributed by atoms with van der Waals surface area (Å²) in [6.45, 7) is 0. The molecule has 1 aliphatic heterocycles. The maximum absolute atomic E-state index is 12.7. The molecule has 3 N–H and O–H groups in total. The van der Waals surface area contributed by atoms with Crippen molar-refractivity contribution in [2.24, 2.45) is 0 Å². The SMILES string of the molecule is O=C1CCc2cc(S(=O)(=O)Nc3ccc(S(=O)(=O)NC4CC4)cc3)ccc2N1. The molecule has 1 heterocycles. The van der Waals surface area contributed by atoms with E-state index in [4.69, 9.17) is 0 Å². The number of nitrogens with one attached hydrogen (secondary N) is 3. The highest BCUT2D eigenvalue weighted by atomic mass is 32.2. The molecule has 0 bridgehead atoms. The summed E-state index contributed by atoms with van der Waals surface area (Å²) in [7, 11) is -7.43. The summed E-state index contributed by atoms with van der Waals surface area (Å²) in [6, 6.07) is 10.1. The zero-order valence-corrected chi connectivity index (χ0v) is 16.4. The van der Waals surface area contributed by atoms with Gasteiger partial charge in [0.05, 0.1) is 9.79 Å². The summed E-state index contributed by atoms with van der Waals surface area (Å²) in [4.78, 5) is 11.6.